The summed E-state index contributed by atoms with van der Waals surface area (Å²) in [5.41, 5.74) is 0.322. The molecule has 3 saturated heterocycles. The Hall–Kier alpha value is -5.59. The number of fused-ring (bicyclic) bond motifs is 1. The molecule has 0 radical (unpaired) electrons. The molecule has 1 saturated carbocycles. The number of nitriles is 1. The molecule has 4 fully saturated rings. The highest BCUT2D eigenvalue weighted by Crippen LogP contribution is 2.55. The molecule has 16 heteroatoms. The molecule has 61 heavy (non-hydrogen) atoms. The van der Waals surface area contributed by atoms with Crippen molar-refractivity contribution in [3.05, 3.63) is 87.4 Å². The summed E-state index contributed by atoms with van der Waals surface area (Å²) < 4.78 is 37.7. The number of nitrogens with one attached hydrogen (secondary N) is 2. The largest absolute Gasteiger partial charge is 0.489 e. The molecule has 0 bridgehead atoms. The van der Waals surface area contributed by atoms with E-state index in [4.69, 9.17) is 16.3 Å². The lowest BCUT2D eigenvalue weighted by atomic mass is 9.49. The minimum atomic E-state index is -1.01. The number of amides is 5. The predicted molar refractivity (Wildman–Crippen MR) is 222 cm³/mol. The number of piperazine rings is 1. The first-order chi connectivity index (χ1) is 29.0. The van der Waals surface area contributed by atoms with Crippen LogP contribution in [0.2, 0.25) is 5.02 Å². The van der Waals surface area contributed by atoms with Gasteiger partial charge in [-0.15, -0.1) is 0 Å². The Morgan fingerprint density at radius 1 is 0.869 bits per heavy atom. The zero-order valence-electron chi connectivity index (χ0n) is 34.5. The Bertz CT molecular complexity index is 2330. The molecule has 0 aromatic heterocycles. The van der Waals surface area contributed by atoms with Gasteiger partial charge in [0.25, 0.3) is 17.7 Å². The van der Waals surface area contributed by atoms with Gasteiger partial charge in [0.05, 0.1) is 21.7 Å². The number of ether oxygens (including phenoxy) is 1. The molecule has 8 rings (SSSR count). The number of halogens is 3. The van der Waals surface area contributed by atoms with Gasteiger partial charge in [0.1, 0.15) is 41.3 Å². The molecule has 320 valence electrons. The molecule has 4 aliphatic heterocycles. The molecule has 3 aromatic rings. The Morgan fingerprint density at radius 3 is 2.15 bits per heavy atom. The van der Waals surface area contributed by atoms with Crippen LogP contribution in [0.15, 0.2) is 48.5 Å². The van der Waals surface area contributed by atoms with E-state index >= 15 is 8.78 Å². The zero-order valence-corrected chi connectivity index (χ0v) is 35.3. The molecule has 1 aliphatic carbocycles. The third-order valence-electron chi connectivity index (χ3n) is 13.3. The number of anilines is 2. The van der Waals surface area contributed by atoms with E-state index in [0.29, 0.717) is 43.4 Å². The van der Waals surface area contributed by atoms with Crippen molar-refractivity contribution in [3.63, 3.8) is 0 Å². The van der Waals surface area contributed by atoms with Crippen molar-refractivity contribution in [1.29, 1.82) is 5.26 Å². The molecule has 1 atom stereocenters. The van der Waals surface area contributed by atoms with Crippen LogP contribution in [0.5, 0.6) is 5.75 Å². The van der Waals surface area contributed by atoms with Crippen molar-refractivity contribution in [3.8, 4) is 11.8 Å². The van der Waals surface area contributed by atoms with Gasteiger partial charge in [-0.1, -0.05) is 39.3 Å². The average molecular weight is 856 g/mol. The van der Waals surface area contributed by atoms with Gasteiger partial charge < -0.3 is 19.9 Å². The number of rotatable bonds is 9. The van der Waals surface area contributed by atoms with Gasteiger partial charge in [0.2, 0.25) is 11.8 Å². The van der Waals surface area contributed by atoms with Gasteiger partial charge in [-0.2, -0.15) is 5.26 Å². The number of hydrogen-bond donors (Lipinski definition) is 2. The molecular formula is C45H48ClF2N7O6. The normalized spacial score (nSPS) is 23.9. The molecule has 1 unspecified atom stereocenters. The van der Waals surface area contributed by atoms with Crippen molar-refractivity contribution in [1.82, 2.24) is 20.4 Å². The van der Waals surface area contributed by atoms with Gasteiger partial charge in [0.15, 0.2) is 0 Å². The summed E-state index contributed by atoms with van der Waals surface area (Å²) in [4.78, 5) is 71.2. The summed E-state index contributed by atoms with van der Waals surface area (Å²) in [5, 5.41) is 14.7. The van der Waals surface area contributed by atoms with Crippen molar-refractivity contribution in [2.75, 3.05) is 55.6 Å². The van der Waals surface area contributed by atoms with Gasteiger partial charge in [-0.05, 0) is 67.6 Å². The van der Waals surface area contributed by atoms with Crippen LogP contribution in [-0.2, 0) is 9.59 Å². The van der Waals surface area contributed by atoms with Crippen LogP contribution in [0.1, 0.15) is 90.0 Å². The standard InChI is InChI=1S/C45H48ClF2N7O6/c1-44(2)42(45(3,4)43(44)61-29-7-5-26(23-49)32(46)22-29)51-38(57)27-19-33(47)37(34(48)20-27)54-13-11-25(12-14-54)24-52-15-17-53(18-16-52)28-6-8-30-31(21-28)41(60)55(40(30)59)35-9-10-36(56)50-39(35)58/h5-8,19-22,25,35,42-43H,9-18,24H2,1-4H3,(H,51,57)(H,50,56,58). The predicted octanol–water partition coefficient (Wildman–Crippen LogP) is 5.54. The van der Waals surface area contributed by atoms with E-state index < -0.39 is 58.0 Å². The molecular weight excluding hydrogens is 808 g/mol. The van der Waals surface area contributed by atoms with E-state index in [9.17, 15) is 29.2 Å². The van der Waals surface area contributed by atoms with Gasteiger partial charge in [-0.25, -0.2) is 8.78 Å². The van der Waals surface area contributed by atoms with Crippen LogP contribution < -0.4 is 25.2 Å². The summed E-state index contributed by atoms with van der Waals surface area (Å²) in [6, 6.07) is 12.9. The quantitative estimate of drug-likeness (QED) is 0.262. The van der Waals surface area contributed by atoms with Gasteiger partial charge in [0, 0.05) is 86.4 Å². The monoisotopic (exact) mass is 855 g/mol. The maximum atomic E-state index is 15.7. The molecule has 13 nitrogen and oxygen atoms in total. The maximum Gasteiger partial charge on any atom is 0.262 e. The topological polar surface area (TPSA) is 155 Å². The first-order valence-electron chi connectivity index (χ1n) is 20.7. The molecule has 2 N–H and O–H groups in total. The number of benzene rings is 3. The summed E-state index contributed by atoms with van der Waals surface area (Å²) in [7, 11) is 0. The first kappa shape index (κ1) is 42.1. The maximum absolute atomic E-state index is 15.7. The lowest BCUT2D eigenvalue weighted by Gasteiger charge is -2.63. The van der Waals surface area contributed by atoms with Crippen molar-refractivity contribution < 1.29 is 37.5 Å². The second-order valence-electron chi connectivity index (χ2n) is 18.0. The number of imide groups is 2. The fourth-order valence-electron chi connectivity index (χ4n) is 10.4. The average Bonchev–Trinajstić information content (AvgIpc) is 3.47. The van der Waals surface area contributed by atoms with Crippen LogP contribution >= 0.6 is 11.6 Å². The lowest BCUT2D eigenvalue weighted by Crippen LogP contribution is -2.74. The van der Waals surface area contributed by atoms with E-state index in [2.05, 4.69) is 20.4 Å². The minimum absolute atomic E-state index is 0.0595. The number of piperidine rings is 2. The molecule has 3 aromatic carbocycles. The Balaban J connectivity index is 0.820. The number of hydrogen-bond acceptors (Lipinski definition) is 10. The third-order valence-corrected chi connectivity index (χ3v) is 13.6. The molecule has 0 spiro atoms. The smallest absolute Gasteiger partial charge is 0.262 e. The number of carbonyl (C=O) groups is 5. The molecule has 5 aliphatic rings. The summed E-state index contributed by atoms with van der Waals surface area (Å²) in [6.07, 6.45) is 1.32. The summed E-state index contributed by atoms with van der Waals surface area (Å²) in [5.74, 6) is -3.45. The lowest BCUT2D eigenvalue weighted by molar-refractivity contribution is -0.164. The van der Waals surface area contributed by atoms with Crippen molar-refractivity contribution in [2.45, 2.75) is 71.6 Å². The van der Waals surface area contributed by atoms with E-state index in [-0.39, 0.29) is 52.4 Å². The van der Waals surface area contributed by atoms with Crippen LogP contribution in [0.3, 0.4) is 0 Å². The Morgan fingerprint density at radius 2 is 1.52 bits per heavy atom. The summed E-state index contributed by atoms with van der Waals surface area (Å²) >= 11 is 6.22. The Labute approximate surface area is 357 Å². The highest BCUT2D eigenvalue weighted by molar-refractivity contribution is 6.31. The second kappa shape index (κ2) is 16.0. The molecule has 4 heterocycles. The fourth-order valence-corrected chi connectivity index (χ4v) is 10.6. The zero-order chi connectivity index (χ0) is 43.5. The number of nitrogens with zero attached hydrogens (tertiary/aromatic N) is 5. The second-order valence-corrected chi connectivity index (χ2v) is 18.4. The Kier molecular flexibility index (Phi) is 11.1. The fraction of sp³-hybridized carbons (Fsp3) is 0.467. The van der Waals surface area contributed by atoms with E-state index in [1.165, 1.54) is 0 Å². The van der Waals surface area contributed by atoms with Crippen LogP contribution in [0.25, 0.3) is 0 Å². The van der Waals surface area contributed by atoms with Gasteiger partial charge in [-0.3, -0.25) is 39.1 Å². The highest BCUT2D eigenvalue weighted by atomic mass is 35.5. The van der Waals surface area contributed by atoms with E-state index in [0.717, 1.165) is 55.2 Å². The van der Waals surface area contributed by atoms with Crippen LogP contribution in [-0.4, -0.2) is 103 Å². The summed E-state index contributed by atoms with van der Waals surface area (Å²) in [6.45, 7) is 12.6. The van der Waals surface area contributed by atoms with E-state index in [1.54, 1.807) is 35.2 Å². The highest BCUT2D eigenvalue weighted by Gasteiger charge is 2.64. The number of carbonyl (C=O) groups excluding carboxylic acids is 5. The third kappa shape index (κ3) is 7.69. The van der Waals surface area contributed by atoms with Crippen molar-refractivity contribution in [2.24, 2.45) is 16.7 Å². The minimum Gasteiger partial charge on any atom is -0.489 e. The van der Waals surface area contributed by atoms with Crippen LogP contribution in [0.4, 0.5) is 20.2 Å². The van der Waals surface area contributed by atoms with Crippen molar-refractivity contribution >= 4 is 52.5 Å². The first-order valence-corrected chi connectivity index (χ1v) is 21.1. The van der Waals surface area contributed by atoms with Crippen LogP contribution in [0, 0.1) is 39.7 Å². The van der Waals surface area contributed by atoms with E-state index in [1.807, 2.05) is 39.8 Å². The SMILES string of the molecule is CC1(C)C(NC(=O)c2cc(F)c(N3CCC(CN4CCN(c5ccc6c(c5)C(=O)N(C5CCC(=O)NC5=O)C6=O)CC4)CC3)c(F)c2)C(C)(C)C1Oc1ccc(C#N)c(Cl)c1. The van der Waals surface area contributed by atoms with Gasteiger partial charge >= 0.3 is 0 Å². The molecule has 5 amide bonds.